The SMILES string of the molecule is Cc1cc(C(=O)CSc2nnc(SCc3ccc(Cl)cc3)s2)c(C)n1Cc1cccs1. The van der Waals surface area contributed by atoms with E-state index in [4.69, 9.17) is 11.6 Å². The zero-order valence-corrected chi connectivity index (χ0v) is 21.0. The molecule has 0 aliphatic carbocycles. The monoisotopic (exact) mass is 505 g/mol. The van der Waals surface area contributed by atoms with Crippen molar-refractivity contribution in [3.05, 3.63) is 80.3 Å². The van der Waals surface area contributed by atoms with E-state index in [2.05, 4.69) is 39.2 Å². The molecule has 0 saturated heterocycles. The lowest BCUT2D eigenvalue weighted by molar-refractivity contribution is 0.102. The standard InChI is InChI=1S/C22H20ClN3OS4/c1-14-10-19(15(2)26(14)11-18-4-3-9-28-18)20(27)13-30-22-25-24-21(31-22)29-12-16-5-7-17(23)8-6-16/h3-10H,11-13H2,1-2H3. The highest BCUT2D eigenvalue weighted by molar-refractivity contribution is 8.03. The van der Waals surface area contributed by atoms with Crippen LogP contribution >= 0.6 is 57.8 Å². The number of hydrogen-bond donors (Lipinski definition) is 0. The molecule has 0 radical (unpaired) electrons. The van der Waals surface area contributed by atoms with E-state index in [1.54, 1.807) is 23.1 Å². The van der Waals surface area contributed by atoms with Crippen molar-refractivity contribution in [1.29, 1.82) is 0 Å². The first-order chi connectivity index (χ1) is 15.0. The van der Waals surface area contributed by atoms with Crippen molar-refractivity contribution in [2.75, 3.05) is 5.75 Å². The second-order valence-corrected chi connectivity index (χ2v) is 11.8. The molecule has 0 fully saturated rings. The molecule has 31 heavy (non-hydrogen) atoms. The van der Waals surface area contributed by atoms with Crippen molar-refractivity contribution in [2.45, 2.75) is 34.8 Å². The molecule has 9 heteroatoms. The molecule has 1 aromatic carbocycles. The maximum Gasteiger partial charge on any atom is 0.175 e. The zero-order valence-electron chi connectivity index (χ0n) is 17.0. The van der Waals surface area contributed by atoms with Gasteiger partial charge in [-0.15, -0.1) is 21.5 Å². The van der Waals surface area contributed by atoms with Crippen molar-refractivity contribution in [2.24, 2.45) is 0 Å². The number of thiophene rings is 1. The average molecular weight is 506 g/mol. The van der Waals surface area contributed by atoms with Crippen LogP contribution in [-0.2, 0) is 12.3 Å². The number of nitrogens with zero attached hydrogens (tertiary/aromatic N) is 3. The molecule has 4 aromatic rings. The summed E-state index contributed by atoms with van der Waals surface area (Å²) < 4.78 is 3.93. The van der Waals surface area contributed by atoms with E-state index < -0.39 is 0 Å². The number of rotatable bonds is 9. The van der Waals surface area contributed by atoms with Gasteiger partial charge in [-0.25, -0.2) is 0 Å². The fourth-order valence-electron chi connectivity index (χ4n) is 3.13. The first-order valence-electron chi connectivity index (χ1n) is 9.55. The lowest BCUT2D eigenvalue weighted by Gasteiger charge is -2.08. The summed E-state index contributed by atoms with van der Waals surface area (Å²) in [6, 6.07) is 14.0. The number of halogens is 1. The molecule has 0 bridgehead atoms. The second kappa shape index (κ2) is 10.4. The van der Waals surface area contributed by atoms with Gasteiger partial charge in [0, 0.05) is 32.6 Å². The molecule has 0 unspecified atom stereocenters. The Morgan fingerprint density at radius 2 is 1.84 bits per heavy atom. The van der Waals surface area contributed by atoms with Gasteiger partial charge in [0.1, 0.15) is 0 Å². The van der Waals surface area contributed by atoms with Crippen LogP contribution in [0.5, 0.6) is 0 Å². The number of hydrogen-bond acceptors (Lipinski definition) is 7. The Kier molecular flexibility index (Phi) is 7.55. The minimum atomic E-state index is 0.126. The van der Waals surface area contributed by atoms with Crippen molar-refractivity contribution in [1.82, 2.24) is 14.8 Å². The first-order valence-corrected chi connectivity index (χ1v) is 13.6. The Morgan fingerprint density at radius 1 is 1.10 bits per heavy atom. The fourth-order valence-corrected chi connectivity index (χ4v) is 6.81. The highest BCUT2D eigenvalue weighted by Gasteiger charge is 2.17. The van der Waals surface area contributed by atoms with E-state index in [1.165, 1.54) is 33.5 Å². The third-order valence-corrected chi connectivity index (χ3v) is 9.13. The van der Waals surface area contributed by atoms with Gasteiger partial charge in [-0.1, -0.05) is 64.7 Å². The largest absolute Gasteiger partial charge is 0.343 e. The molecule has 0 amide bonds. The summed E-state index contributed by atoms with van der Waals surface area (Å²) in [4.78, 5) is 14.1. The maximum atomic E-state index is 12.9. The number of carbonyl (C=O) groups excluding carboxylic acids is 1. The normalized spacial score (nSPS) is 11.2. The third-order valence-electron chi connectivity index (χ3n) is 4.76. The molecule has 0 aliphatic heterocycles. The molecule has 160 valence electrons. The van der Waals surface area contributed by atoms with Gasteiger partial charge in [0.2, 0.25) is 0 Å². The van der Waals surface area contributed by atoms with Gasteiger partial charge in [0.15, 0.2) is 14.5 Å². The maximum absolute atomic E-state index is 12.9. The van der Waals surface area contributed by atoms with Crippen LogP contribution in [0.1, 0.15) is 32.2 Å². The van der Waals surface area contributed by atoms with E-state index in [0.29, 0.717) is 5.75 Å². The third kappa shape index (κ3) is 5.81. The number of aryl methyl sites for hydroxylation is 1. The molecule has 0 spiro atoms. The predicted molar refractivity (Wildman–Crippen MR) is 133 cm³/mol. The molecule has 4 rings (SSSR count). The molecule has 4 nitrogen and oxygen atoms in total. The molecule has 3 aromatic heterocycles. The van der Waals surface area contributed by atoms with E-state index in [-0.39, 0.29) is 5.78 Å². The Balaban J connectivity index is 1.33. The van der Waals surface area contributed by atoms with Gasteiger partial charge in [0.25, 0.3) is 0 Å². The van der Waals surface area contributed by atoms with Gasteiger partial charge in [-0.2, -0.15) is 0 Å². The Morgan fingerprint density at radius 3 is 2.55 bits per heavy atom. The molecule has 0 atom stereocenters. The minimum Gasteiger partial charge on any atom is -0.343 e. The van der Waals surface area contributed by atoms with Crippen LogP contribution < -0.4 is 0 Å². The van der Waals surface area contributed by atoms with Crippen LogP contribution in [0.15, 0.2) is 56.5 Å². The molecule has 0 saturated carbocycles. The predicted octanol–water partition coefficient (Wildman–Crippen LogP) is 6.99. The average Bonchev–Trinajstić information content (AvgIpc) is 3.50. The number of Topliss-reactive ketones (excluding diaryl/α,β-unsaturated/α-hetero) is 1. The highest BCUT2D eigenvalue weighted by atomic mass is 35.5. The summed E-state index contributed by atoms with van der Waals surface area (Å²) in [5, 5.41) is 11.3. The van der Waals surface area contributed by atoms with Gasteiger partial charge in [0.05, 0.1) is 12.3 Å². The number of carbonyl (C=O) groups is 1. The Labute approximate surface area is 203 Å². The summed E-state index contributed by atoms with van der Waals surface area (Å²) in [6.45, 7) is 4.88. The van der Waals surface area contributed by atoms with Crippen molar-refractivity contribution < 1.29 is 4.79 Å². The first kappa shape index (κ1) is 22.6. The second-order valence-electron chi connectivity index (χ2n) is 6.91. The van der Waals surface area contributed by atoms with Crippen molar-refractivity contribution in [3.8, 4) is 0 Å². The molecule has 0 N–H and O–H groups in total. The molecule has 0 aliphatic rings. The van der Waals surface area contributed by atoms with Crippen LogP contribution in [0.4, 0.5) is 0 Å². The smallest absolute Gasteiger partial charge is 0.175 e. The quantitative estimate of drug-likeness (QED) is 0.181. The summed E-state index contributed by atoms with van der Waals surface area (Å²) in [5.74, 6) is 1.30. The highest BCUT2D eigenvalue weighted by Crippen LogP contribution is 2.31. The topological polar surface area (TPSA) is 47.8 Å². The number of thioether (sulfide) groups is 2. The molecular weight excluding hydrogens is 486 g/mol. The fraction of sp³-hybridized carbons (Fsp3) is 0.227. The number of benzene rings is 1. The van der Waals surface area contributed by atoms with E-state index >= 15 is 0 Å². The van der Waals surface area contributed by atoms with Crippen LogP contribution in [-0.4, -0.2) is 26.3 Å². The van der Waals surface area contributed by atoms with Gasteiger partial charge >= 0.3 is 0 Å². The number of ketones is 1. The Hall–Kier alpha value is -1.58. The van der Waals surface area contributed by atoms with E-state index in [9.17, 15) is 4.79 Å². The van der Waals surface area contributed by atoms with Gasteiger partial charge in [-0.3, -0.25) is 4.79 Å². The van der Waals surface area contributed by atoms with E-state index in [0.717, 1.165) is 43.0 Å². The summed E-state index contributed by atoms with van der Waals surface area (Å²) in [7, 11) is 0. The van der Waals surface area contributed by atoms with Crippen LogP contribution in [0, 0.1) is 13.8 Å². The van der Waals surface area contributed by atoms with Gasteiger partial charge in [-0.05, 0) is 49.1 Å². The summed E-state index contributed by atoms with van der Waals surface area (Å²) >= 11 is 12.3. The summed E-state index contributed by atoms with van der Waals surface area (Å²) in [6.07, 6.45) is 0. The lowest BCUT2D eigenvalue weighted by Crippen LogP contribution is -2.07. The lowest BCUT2D eigenvalue weighted by atomic mass is 10.2. The summed E-state index contributed by atoms with van der Waals surface area (Å²) in [5.41, 5.74) is 4.11. The van der Waals surface area contributed by atoms with Crippen molar-refractivity contribution in [3.63, 3.8) is 0 Å². The van der Waals surface area contributed by atoms with Crippen molar-refractivity contribution >= 4 is 63.6 Å². The van der Waals surface area contributed by atoms with Crippen LogP contribution in [0.2, 0.25) is 5.02 Å². The Bertz CT molecular complexity index is 1170. The molecular formula is C22H20ClN3OS4. The van der Waals surface area contributed by atoms with Gasteiger partial charge < -0.3 is 4.57 Å². The number of aromatic nitrogens is 3. The minimum absolute atomic E-state index is 0.126. The van der Waals surface area contributed by atoms with Crippen LogP contribution in [0.25, 0.3) is 0 Å². The van der Waals surface area contributed by atoms with Crippen LogP contribution in [0.3, 0.4) is 0 Å². The molecule has 3 heterocycles. The zero-order chi connectivity index (χ0) is 21.8. The van der Waals surface area contributed by atoms with E-state index in [1.807, 2.05) is 37.3 Å².